The Kier molecular flexibility index (Phi) is 10.0. The summed E-state index contributed by atoms with van der Waals surface area (Å²) in [6.07, 6.45) is 4.98. The number of fused-ring (bicyclic) bond motifs is 1. The van der Waals surface area contributed by atoms with Crippen LogP contribution in [0.25, 0.3) is 11.0 Å². The van der Waals surface area contributed by atoms with Gasteiger partial charge in [0.1, 0.15) is 11.6 Å². The largest absolute Gasteiger partial charge is 0.493 e. The van der Waals surface area contributed by atoms with Crippen molar-refractivity contribution in [1.29, 1.82) is 0 Å². The molecule has 0 bridgehead atoms. The zero-order valence-electron chi connectivity index (χ0n) is 23.4. The molecule has 210 valence electrons. The fourth-order valence-electron chi connectivity index (χ4n) is 4.70. The normalized spacial score (nSPS) is 10.8. The van der Waals surface area contributed by atoms with Gasteiger partial charge in [0.2, 0.25) is 5.75 Å². The molecule has 0 saturated carbocycles. The fourth-order valence-corrected chi connectivity index (χ4v) is 4.70. The molecule has 0 fully saturated rings. The third-order valence-corrected chi connectivity index (χ3v) is 6.64. The molecule has 8 heteroatoms. The van der Waals surface area contributed by atoms with Crippen molar-refractivity contribution in [3.05, 3.63) is 90.3 Å². The number of imidazole rings is 1. The molecule has 4 aromatic rings. The summed E-state index contributed by atoms with van der Waals surface area (Å²) in [5.74, 6) is 3.02. The van der Waals surface area contributed by atoms with Crippen molar-refractivity contribution in [2.45, 2.75) is 32.2 Å². The van der Waals surface area contributed by atoms with Crippen molar-refractivity contribution >= 4 is 16.9 Å². The van der Waals surface area contributed by atoms with Gasteiger partial charge in [0.15, 0.2) is 11.5 Å². The Bertz CT molecular complexity index is 1420. The lowest BCUT2D eigenvalue weighted by atomic mass is 10.1. The van der Waals surface area contributed by atoms with Gasteiger partial charge in [-0.25, -0.2) is 4.98 Å². The first-order valence-corrected chi connectivity index (χ1v) is 13.4. The van der Waals surface area contributed by atoms with E-state index in [9.17, 15) is 4.79 Å². The summed E-state index contributed by atoms with van der Waals surface area (Å²) >= 11 is 0. The van der Waals surface area contributed by atoms with E-state index in [4.69, 9.17) is 23.9 Å². The number of nitrogens with zero attached hydrogens (tertiary/aromatic N) is 2. The average molecular weight is 544 g/mol. The Morgan fingerprint density at radius 3 is 2.40 bits per heavy atom. The summed E-state index contributed by atoms with van der Waals surface area (Å²) in [4.78, 5) is 17.7. The van der Waals surface area contributed by atoms with Gasteiger partial charge in [0.25, 0.3) is 5.91 Å². The number of hydrogen-bond donors (Lipinski definition) is 1. The van der Waals surface area contributed by atoms with E-state index in [-0.39, 0.29) is 5.91 Å². The molecule has 0 spiro atoms. The lowest BCUT2D eigenvalue weighted by molar-refractivity contribution is 0.0952. The summed E-state index contributed by atoms with van der Waals surface area (Å²) in [5, 5.41) is 2.99. The third kappa shape index (κ3) is 6.75. The molecular formula is C32H37N3O5. The molecule has 1 aromatic heterocycles. The van der Waals surface area contributed by atoms with E-state index in [1.807, 2.05) is 42.5 Å². The van der Waals surface area contributed by atoms with E-state index in [1.54, 1.807) is 12.1 Å². The molecule has 40 heavy (non-hydrogen) atoms. The van der Waals surface area contributed by atoms with Crippen molar-refractivity contribution in [2.75, 3.05) is 34.5 Å². The van der Waals surface area contributed by atoms with Gasteiger partial charge in [0.05, 0.1) is 39.0 Å². The summed E-state index contributed by atoms with van der Waals surface area (Å²) in [6, 6.07) is 19.5. The van der Waals surface area contributed by atoms with Gasteiger partial charge in [-0.2, -0.15) is 0 Å². The van der Waals surface area contributed by atoms with Crippen LogP contribution in [0.2, 0.25) is 0 Å². The van der Waals surface area contributed by atoms with E-state index < -0.39 is 0 Å². The predicted octanol–water partition coefficient (Wildman–Crippen LogP) is 5.62. The molecule has 8 nitrogen and oxygen atoms in total. The van der Waals surface area contributed by atoms with Gasteiger partial charge >= 0.3 is 0 Å². The van der Waals surface area contributed by atoms with Crippen molar-refractivity contribution in [1.82, 2.24) is 14.9 Å². The van der Waals surface area contributed by atoms with E-state index >= 15 is 0 Å². The first-order valence-electron chi connectivity index (χ1n) is 13.4. The maximum atomic E-state index is 12.9. The lowest BCUT2D eigenvalue weighted by Crippen LogP contribution is -2.25. The maximum Gasteiger partial charge on any atom is 0.251 e. The number of allylic oxidation sites excluding steroid dienone is 1. The Morgan fingerprint density at radius 1 is 0.950 bits per heavy atom. The minimum Gasteiger partial charge on any atom is -0.493 e. The maximum absolute atomic E-state index is 12.9. The Hall–Kier alpha value is -4.46. The van der Waals surface area contributed by atoms with E-state index in [0.29, 0.717) is 36.0 Å². The first kappa shape index (κ1) is 28.5. The van der Waals surface area contributed by atoms with Crippen LogP contribution in [-0.4, -0.2) is 49.9 Å². The molecule has 0 atom stereocenters. The highest BCUT2D eigenvalue weighted by Gasteiger charge is 2.17. The Balaban J connectivity index is 1.36. The minimum absolute atomic E-state index is 0.207. The summed E-state index contributed by atoms with van der Waals surface area (Å²) < 4.78 is 24.4. The standard InChI is InChI=1S/C32H37N3O5/c1-5-12-23-13-6-9-16-27(23)40-20-11-19-35-26-15-8-7-14-25(26)34-30(35)17-10-18-33-32(36)24-21-28(37-2)31(39-4)29(22-24)38-3/h5-9,13-16,21-22H,1,10-12,17-20H2,2-4H3,(H,33,36). The number of rotatable bonds is 15. The molecule has 1 N–H and O–H groups in total. The van der Waals surface area contributed by atoms with Gasteiger partial charge in [-0.1, -0.05) is 36.4 Å². The molecule has 0 aliphatic heterocycles. The molecule has 0 aliphatic rings. The first-order chi connectivity index (χ1) is 19.6. The van der Waals surface area contributed by atoms with Crippen LogP contribution >= 0.6 is 0 Å². The highest BCUT2D eigenvalue weighted by Crippen LogP contribution is 2.38. The average Bonchev–Trinajstić information content (AvgIpc) is 3.34. The van der Waals surface area contributed by atoms with Crippen LogP contribution in [0, 0.1) is 0 Å². The molecule has 4 rings (SSSR count). The van der Waals surface area contributed by atoms with Crippen molar-refractivity contribution in [2.24, 2.45) is 0 Å². The molecular weight excluding hydrogens is 506 g/mol. The smallest absolute Gasteiger partial charge is 0.251 e. The second kappa shape index (κ2) is 14.1. The fraction of sp³-hybridized carbons (Fsp3) is 0.312. The molecule has 3 aromatic carbocycles. The number of aryl methyl sites for hydroxylation is 2. The number of aromatic nitrogens is 2. The quantitative estimate of drug-likeness (QED) is 0.155. The molecule has 1 heterocycles. The number of para-hydroxylation sites is 3. The van der Waals surface area contributed by atoms with E-state index in [1.165, 1.54) is 21.3 Å². The van der Waals surface area contributed by atoms with Gasteiger partial charge in [-0.05, 0) is 55.2 Å². The van der Waals surface area contributed by atoms with Crippen LogP contribution in [0.3, 0.4) is 0 Å². The van der Waals surface area contributed by atoms with E-state index in [2.05, 4.69) is 28.6 Å². The molecule has 0 aliphatic carbocycles. The zero-order chi connectivity index (χ0) is 28.3. The summed E-state index contributed by atoms with van der Waals surface area (Å²) in [6.45, 7) is 5.73. The molecule has 0 radical (unpaired) electrons. The SMILES string of the molecule is C=CCc1ccccc1OCCCn1c(CCCNC(=O)c2cc(OC)c(OC)c(OC)c2)nc2ccccc21. The van der Waals surface area contributed by atoms with Crippen molar-refractivity contribution in [3.8, 4) is 23.0 Å². The van der Waals surface area contributed by atoms with Crippen LogP contribution < -0.4 is 24.3 Å². The zero-order valence-corrected chi connectivity index (χ0v) is 23.4. The molecule has 0 saturated heterocycles. The summed E-state index contributed by atoms with van der Waals surface area (Å²) in [5.41, 5.74) is 3.65. The number of carbonyl (C=O) groups excluding carboxylic acids is 1. The van der Waals surface area contributed by atoms with Gasteiger partial charge in [-0.3, -0.25) is 4.79 Å². The monoisotopic (exact) mass is 543 g/mol. The Morgan fingerprint density at radius 2 is 1.68 bits per heavy atom. The third-order valence-electron chi connectivity index (χ3n) is 6.64. The van der Waals surface area contributed by atoms with Gasteiger partial charge in [-0.15, -0.1) is 6.58 Å². The van der Waals surface area contributed by atoms with Crippen LogP contribution in [0.1, 0.15) is 34.6 Å². The number of ether oxygens (including phenoxy) is 4. The van der Waals surface area contributed by atoms with Crippen molar-refractivity contribution in [3.63, 3.8) is 0 Å². The Labute approximate surface area is 235 Å². The van der Waals surface area contributed by atoms with Crippen LogP contribution in [0.5, 0.6) is 23.0 Å². The lowest BCUT2D eigenvalue weighted by Gasteiger charge is -2.14. The molecule has 0 unspecified atom stereocenters. The van der Waals surface area contributed by atoms with Crippen molar-refractivity contribution < 1.29 is 23.7 Å². The highest BCUT2D eigenvalue weighted by atomic mass is 16.5. The number of amides is 1. The second-order valence-corrected chi connectivity index (χ2v) is 9.24. The minimum atomic E-state index is -0.207. The number of methoxy groups -OCH3 is 3. The second-order valence-electron chi connectivity index (χ2n) is 9.24. The molecule has 1 amide bonds. The number of benzene rings is 3. The number of hydrogen-bond acceptors (Lipinski definition) is 6. The topological polar surface area (TPSA) is 83.8 Å². The number of carbonyl (C=O) groups is 1. The van der Waals surface area contributed by atoms with E-state index in [0.717, 1.165) is 60.4 Å². The van der Waals surface area contributed by atoms with Crippen LogP contribution in [0.15, 0.2) is 73.3 Å². The highest BCUT2D eigenvalue weighted by molar-refractivity contribution is 5.95. The van der Waals surface area contributed by atoms with Gasteiger partial charge < -0.3 is 28.8 Å². The number of nitrogens with one attached hydrogen (secondary N) is 1. The predicted molar refractivity (Wildman–Crippen MR) is 157 cm³/mol. The van der Waals surface area contributed by atoms with Crippen LogP contribution in [-0.2, 0) is 19.4 Å². The summed E-state index contributed by atoms with van der Waals surface area (Å²) in [7, 11) is 4.59. The van der Waals surface area contributed by atoms with Crippen LogP contribution in [0.4, 0.5) is 0 Å². The van der Waals surface area contributed by atoms with Gasteiger partial charge in [0, 0.05) is 25.1 Å².